The highest BCUT2D eigenvalue weighted by molar-refractivity contribution is 7.89. The molecule has 0 amide bonds. The molecule has 12 heteroatoms. The summed E-state index contributed by atoms with van der Waals surface area (Å²) in [6, 6.07) is 13.2. The quantitative estimate of drug-likeness (QED) is 0.462. The fourth-order valence-electron chi connectivity index (χ4n) is 3.73. The van der Waals surface area contributed by atoms with E-state index in [0.29, 0.717) is 39.7 Å². The molecule has 35 heavy (non-hydrogen) atoms. The molecule has 1 aromatic heterocycles. The summed E-state index contributed by atoms with van der Waals surface area (Å²) in [7, 11) is -3.78. The van der Waals surface area contributed by atoms with Crippen LogP contribution < -0.4 is 15.2 Å². The number of anilines is 1. The molecule has 0 atom stereocenters. The van der Waals surface area contributed by atoms with Crippen molar-refractivity contribution < 1.29 is 13.2 Å². The largest absolute Gasteiger partial charge is 0.437 e. The smallest absolute Gasteiger partial charge is 0.238 e. The van der Waals surface area contributed by atoms with E-state index in [1.165, 1.54) is 18.2 Å². The Morgan fingerprint density at radius 2 is 1.91 bits per heavy atom. The molecule has 1 fully saturated rings. The zero-order valence-corrected chi connectivity index (χ0v) is 20.8. The van der Waals surface area contributed by atoms with Crippen LogP contribution in [-0.2, 0) is 16.6 Å². The van der Waals surface area contributed by atoms with E-state index in [1.807, 2.05) is 6.07 Å². The van der Waals surface area contributed by atoms with Gasteiger partial charge in [0.1, 0.15) is 5.75 Å². The number of benzene rings is 2. The SMILES string of the molecule is N#Cc1ccc(Oc2ccnc(NC3CCN(Cc4ccc(S(N)(=O)=O)cc4Cl)CC3)n2)c(Cl)c1. The summed E-state index contributed by atoms with van der Waals surface area (Å²) in [5.41, 5.74) is 1.29. The number of hydrogen-bond acceptors (Lipinski definition) is 8. The third kappa shape index (κ3) is 6.60. The van der Waals surface area contributed by atoms with Gasteiger partial charge in [0.15, 0.2) is 0 Å². The van der Waals surface area contributed by atoms with Crippen molar-refractivity contribution in [3.63, 3.8) is 0 Å². The van der Waals surface area contributed by atoms with Crippen LogP contribution in [0.15, 0.2) is 53.6 Å². The first-order valence-electron chi connectivity index (χ1n) is 10.7. The molecule has 0 bridgehead atoms. The van der Waals surface area contributed by atoms with E-state index in [4.69, 9.17) is 38.3 Å². The van der Waals surface area contributed by atoms with E-state index >= 15 is 0 Å². The average Bonchev–Trinajstić information content (AvgIpc) is 2.82. The van der Waals surface area contributed by atoms with Gasteiger partial charge in [0.05, 0.1) is 21.6 Å². The van der Waals surface area contributed by atoms with Crippen LogP contribution >= 0.6 is 23.2 Å². The lowest BCUT2D eigenvalue weighted by Crippen LogP contribution is -2.39. The van der Waals surface area contributed by atoms with Gasteiger partial charge in [-0.2, -0.15) is 10.2 Å². The number of piperidine rings is 1. The Kier molecular flexibility index (Phi) is 7.74. The van der Waals surface area contributed by atoms with E-state index in [1.54, 1.807) is 30.5 Å². The van der Waals surface area contributed by atoms with Gasteiger partial charge in [0.2, 0.25) is 21.9 Å². The molecule has 0 saturated carbocycles. The maximum atomic E-state index is 11.5. The first-order chi connectivity index (χ1) is 16.7. The third-order valence-electron chi connectivity index (χ3n) is 5.57. The number of hydrogen-bond donors (Lipinski definition) is 2. The number of aromatic nitrogens is 2. The van der Waals surface area contributed by atoms with E-state index in [2.05, 4.69) is 20.2 Å². The molecule has 0 aliphatic carbocycles. The first-order valence-corrected chi connectivity index (χ1v) is 13.0. The first kappa shape index (κ1) is 25.2. The maximum Gasteiger partial charge on any atom is 0.238 e. The second-order valence-corrected chi connectivity index (χ2v) is 10.4. The van der Waals surface area contributed by atoms with Crippen molar-refractivity contribution in [1.29, 1.82) is 5.26 Å². The summed E-state index contributed by atoms with van der Waals surface area (Å²) in [6.07, 6.45) is 3.33. The number of primary sulfonamides is 1. The molecule has 0 radical (unpaired) electrons. The molecule has 0 spiro atoms. The molecule has 182 valence electrons. The Morgan fingerprint density at radius 1 is 1.14 bits per heavy atom. The van der Waals surface area contributed by atoms with E-state index in [9.17, 15) is 8.42 Å². The van der Waals surface area contributed by atoms with Gasteiger partial charge >= 0.3 is 0 Å². The predicted octanol–water partition coefficient (Wildman–Crippen LogP) is 4.17. The van der Waals surface area contributed by atoms with Gasteiger partial charge in [-0.05, 0) is 48.7 Å². The molecule has 2 aromatic carbocycles. The highest BCUT2D eigenvalue weighted by Crippen LogP contribution is 2.29. The highest BCUT2D eigenvalue weighted by atomic mass is 35.5. The molecule has 3 N–H and O–H groups in total. The third-order valence-corrected chi connectivity index (χ3v) is 7.13. The lowest BCUT2D eigenvalue weighted by atomic mass is 10.0. The van der Waals surface area contributed by atoms with Crippen molar-refractivity contribution in [3.8, 4) is 17.7 Å². The highest BCUT2D eigenvalue weighted by Gasteiger charge is 2.21. The van der Waals surface area contributed by atoms with Crippen molar-refractivity contribution in [2.24, 2.45) is 5.14 Å². The van der Waals surface area contributed by atoms with Gasteiger partial charge in [-0.1, -0.05) is 29.3 Å². The van der Waals surface area contributed by atoms with Crippen molar-refractivity contribution in [3.05, 3.63) is 69.8 Å². The van der Waals surface area contributed by atoms with Crippen LogP contribution in [-0.4, -0.2) is 42.4 Å². The number of nitrogens with one attached hydrogen (secondary N) is 1. The minimum Gasteiger partial charge on any atom is -0.437 e. The topological polar surface area (TPSA) is 134 Å². The second-order valence-electron chi connectivity index (χ2n) is 8.07. The molecule has 9 nitrogen and oxygen atoms in total. The number of nitrogens with zero attached hydrogens (tertiary/aromatic N) is 4. The van der Waals surface area contributed by atoms with Gasteiger partial charge in [0.25, 0.3) is 0 Å². The zero-order valence-electron chi connectivity index (χ0n) is 18.5. The van der Waals surface area contributed by atoms with Crippen LogP contribution in [0.2, 0.25) is 10.0 Å². The monoisotopic (exact) mass is 532 g/mol. The average molecular weight is 533 g/mol. The number of nitriles is 1. The van der Waals surface area contributed by atoms with Gasteiger partial charge in [-0.15, -0.1) is 0 Å². The Hall–Kier alpha value is -2.94. The van der Waals surface area contributed by atoms with Crippen molar-refractivity contribution in [1.82, 2.24) is 14.9 Å². The molecule has 1 aliphatic heterocycles. The van der Waals surface area contributed by atoms with Crippen LogP contribution in [0, 0.1) is 11.3 Å². The number of sulfonamides is 1. The van der Waals surface area contributed by atoms with Crippen LogP contribution in [0.4, 0.5) is 5.95 Å². The second kappa shape index (κ2) is 10.8. The van der Waals surface area contributed by atoms with Gasteiger partial charge < -0.3 is 10.1 Å². The lowest BCUT2D eigenvalue weighted by Gasteiger charge is -2.32. The van der Waals surface area contributed by atoms with Crippen molar-refractivity contribution in [2.45, 2.75) is 30.3 Å². The zero-order chi connectivity index (χ0) is 25.0. The Balaban J connectivity index is 1.32. The molecule has 1 saturated heterocycles. The van der Waals surface area contributed by atoms with Crippen LogP contribution in [0.25, 0.3) is 0 Å². The fourth-order valence-corrected chi connectivity index (χ4v) is 4.79. The standard InChI is InChI=1S/C23H22Cl2N6O3S/c24-19-12-18(35(27,32)33)3-2-16(19)14-31-9-6-17(7-10-31)29-23-28-8-5-22(30-23)34-21-4-1-15(13-26)11-20(21)25/h1-5,8,11-12,17H,6-7,9-10,14H2,(H2,27,32,33)(H,28,29,30). The summed E-state index contributed by atoms with van der Waals surface area (Å²) >= 11 is 12.5. The Morgan fingerprint density at radius 3 is 2.57 bits per heavy atom. The van der Waals surface area contributed by atoms with Crippen LogP contribution in [0.3, 0.4) is 0 Å². The van der Waals surface area contributed by atoms with Gasteiger partial charge in [0, 0.05) is 43.0 Å². The molecular formula is C23H22Cl2N6O3S. The number of likely N-dealkylation sites (tertiary alicyclic amines) is 1. The molecule has 1 aliphatic rings. The van der Waals surface area contributed by atoms with E-state index < -0.39 is 10.0 Å². The molecular weight excluding hydrogens is 511 g/mol. The van der Waals surface area contributed by atoms with E-state index in [0.717, 1.165) is 31.5 Å². The van der Waals surface area contributed by atoms with Crippen LogP contribution in [0.5, 0.6) is 11.6 Å². The summed E-state index contributed by atoms with van der Waals surface area (Å²) in [6.45, 7) is 2.26. The molecule has 0 unspecified atom stereocenters. The molecule has 2 heterocycles. The Labute approximate surface area is 213 Å². The minimum absolute atomic E-state index is 0.00169. The number of rotatable bonds is 7. The number of nitrogens with two attached hydrogens (primary N) is 1. The maximum absolute atomic E-state index is 11.5. The summed E-state index contributed by atoms with van der Waals surface area (Å²) < 4.78 is 28.7. The van der Waals surface area contributed by atoms with Crippen molar-refractivity contribution in [2.75, 3.05) is 18.4 Å². The minimum atomic E-state index is -3.78. The predicted molar refractivity (Wildman–Crippen MR) is 133 cm³/mol. The Bertz CT molecular complexity index is 1370. The molecule has 3 aromatic rings. The number of ether oxygens (including phenoxy) is 1. The van der Waals surface area contributed by atoms with Gasteiger partial charge in [-0.25, -0.2) is 18.5 Å². The normalized spacial score (nSPS) is 14.9. The summed E-state index contributed by atoms with van der Waals surface area (Å²) in [4.78, 5) is 11.0. The summed E-state index contributed by atoms with van der Waals surface area (Å²) in [5.74, 6) is 1.19. The fraction of sp³-hybridized carbons (Fsp3) is 0.261. The van der Waals surface area contributed by atoms with Crippen LogP contribution in [0.1, 0.15) is 24.0 Å². The molecule has 4 rings (SSSR count). The number of halogens is 2. The van der Waals surface area contributed by atoms with E-state index in [-0.39, 0.29) is 10.9 Å². The van der Waals surface area contributed by atoms with Crippen molar-refractivity contribution >= 4 is 39.2 Å². The summed E-state index contributed by atoms with van der Waals surface area (Å²) in [5, 5.41) is 18.2. The van der Waals surface area contributed by atoms with Gasteiger partial charge in [-0.3, -0.25) is 4.90 Å². The lowest BCUT2D eigenvalue weighted by molar-refractivity contribution is 0.211.